The van der Waals surface area contributed by atoms with Gasteiger partial charge in [0, 0.05) is 6.42 Å². The first-order valence-electron chi connectivity index (χ1n) is 7.42. The van der Waals surface area contributed by atoms with E-state index < -0.39 is 11.5 Å². The fraction of sp³-hybridized carbons (Fsp3) is 0.353. The Bertz CT molecular complexity index is 712. The second-order valence-corrected chi connectivity index (χ2v) is 6.71. The summed E-state index contributed by atoms with van der Waals surface area (Å²) in [7, 11) is 0. The number of aryl methyl sites for hydroxylation is 1. The molecule has 2 aromatic rings. The maximum absolute atomic E-state index is 12.4. The van der Waals surface area contributed by atoms with E-state index in [1.54, 1.807) is 13.8 Å². The van der Waals surface area contributed by atoms with Crippen LogP contribution in [0.5, 0.6) is 0 Å². The van der Waals surface area contributed by atoms with Gasteiger partial charge in [0.15, 0.2) is 0 Å². The van der Waals surface area contributed by atoms with Gasteiger partial charge in [-0.2, -0.15) is 0 Å². The second-order valence-electron chi connectivity index (χ2n) is 5.63. The van der Waals surface area contributed by atoms with E-state index in [4.69, 9.17) is 0 Å². The van der Waals surface area contributed by atoms with Gasteiger partial charge in [0.2, 0.25) is 0 Å². The van der Waals surface area contributed by atoms with Crippen LogP contribution >= 0.6 is 11.3 Å². The lowest BCUT2D eigenvalue weighted by molar-refractivity contribution is -0.143. The summed E-state index contributed by atoms with van der Waals surface area (Å²) in [6, 6.07) is 9.89. The molecule has 6 heteroatoms. The summed E-state index contributed by atoms with van der Waals surface area (Å²) in [6.45, 7) is 5.01. The third kappa shape index (κ3) is 3.96. The Balaban J connectivity index is 2.17. The molecule has 2 rings (SSSR count). The molecule has 0 saturated carbocycles. The lowest BCUT2D eigenvalue weighted by atomic mass is 9.99. The molecule has 0 saturated heterocycles. The summed E-state index contributed by atoms with van der Waals surface area (Å²) in [5.41, 5.74) is 0.479. The Morgan fingerprint density at radius 1 is 1.30 bits per heavy atom. The maximum atomic E-state index is 12.4. The number of thiazole rings is 1. The number of nitrogens with one attached hydrogen (secondary N) is 1. The molecule has 0 fully saturated rings. The number of carboxylic acids is 1. The molecule has 0 aliphatic heterocycles. The van der Waals surface area contributed by atoms with E-state index in [1.165, 1.54) is 18.3 Å². The minimum atomic E-state index is -1.27. The largest absolute Gasteiger partial charge is 0.480 e. The molecule has 1 unspecified atom stereocenters. The summed E-state index contributed by atoms with van der Waals surface area (Å²) in [5.74, 6) is -1.42. The molecule has 23 heavy (non-hydrogen) atoms. The van der Waals surface area contributed by atoms with Crippen LogP contribution in [-0.2, 0) is 11.2 Å². The van der Waals surface area contributed by atoms with Crippen LogP contribution in [0.15, 0.2) is 30.3 Å². The van der Waals surface area contributed by atoms with Crippen LogP contribution in [0.4, 0.5) is 0 Å². The van der Waals surface area contributed by atoms with Crippen LogP contribution in [0.25, 0.3) is 0 Å². The molecule has 2 N–H and O–H groups in total. The van der Waals surface area contributed by atoms with Crippen molar-refractivity contribution in [2.75, 3.05) is 0 Å². The molecule has 0 spiro atoms. The molecule has 0 aliphatic carbocycles. The van der Waals surface area contributed by atoms with Crippen LogP contribution in [0.2, 0.25) is 0 Å². The molecular weight excluding hydrogens is 312 g/mol. The van der Waals surface area contributed by atoms with Gasteiger partial charge in [-0.1, -0.05) is 37.3 Å². The highest BCUT2D eigenvalue weighted by molar-refractivity contribution is 7.13. The minimum Gasteiger partial charge on any atom is -0.480 e. The lowest BCUT2D eigenvalue weighted by Crippen LogP contribution is -2.51. The second kappa shape index (κ2) is 6.91. The first-order chi connectivity index (χ1) is 10.9. The van der Waals surface area contributed by atoms with Crippen molar-refractivity contribution in [3.05, 3.63) is 51.5 Å². The van der Waals surface area contributed by atoms with Gasteiger partial charge in [0.05, 0.1) is 10.7 Å². The molecule has 0 radical (unpaired) electrons. The van der Waals surface area contributed by atoms with Crippen molar-refractivity contribution in [2.24, 2.45) is 0 Å². The Morgan fingerprint density at radius 3 is 2.52 bits per heavy atom. The van der Waals surface area contributed by atoms with Crippen molar-refractivity contribution in [3.8, 4) is 0 Å². The molecule has 1 amide bonds. The number of benzene rings is 1. The number of carboxylic acid groups (broad SMARTS) is 1. The van der Waals surface area contributed by atoms with Gasteiger partial charge in [-0.3, -0.25) is 4.79 Å². The number of amides is 1. The zero-order valence-corrected chi connectivity index (χ0v) is 14.2. The molecular formula is C17H20N2O3S. The fourth-order valence-electron chi connectivity index (χ4n) is 2.11. The standard InChI is InChI=1S/C17H20N2O3S/c1-4-17(3,16(21)22)19-15(20)14-11(2)18-13(23-14)10-12-8-6-5-7-9-12/h5-9H,4,10H2,1-3H3,(H,19,20)(H,21,22). The van der Waals surface area contributed by atoms with Crippen molar-refractivity contribution >= 4 is 23.2 Å². The molecule has 1 aromatic heterocycles. The number of nitrogens with zero attached hydrogens (tertiary/aromatic N) is 1. The SMILES string of the molecule is CCC(C)(NC(=O)c1sc(Cc2ccccc2)nc1C)C(=O)O. The van der Waals surface area contributed by atoms with Gasteiger partial charge in [-0.15, -0.1) is 11.3 Å². The van der Waals surface area contributed by atoms with E-state index in [9.17, 15) is 14.7 Å². The molecule has 5 nitrogen and oxygen atoms in total. The fourth-order valence-corrected chi connectivity index (χ4v) is 3.10. The molecule has 0 aliphatic rings. The van der Waals surface area contributed by atoms with Gasteiger partial charge in [0.25, 0.3) is 5.91 Å². The number of carbonyl (C=O) groups is 2. The van der Waals surface area contributed by atoms with Crippen LogP contribution in [-0.4, -0.2) is 27.5 Å². The van der Waals surface area contributed by atoms with E-state index in [0.717, 1.165) is 10.6 Å². The van der Waals surface area contributed by atoms with Crippen molar-refractivity contribution < 1.29 is 14.7 Å². The average Bonchev–Trinajstić information content (AvgIpc) is 2.88. The van der Waals surface area contributed by atoms with Crippen molar-refractivity contribution in [1.29, 1.82) is 0 Å². The highest BCUT2D eigenvalue weighted by atomic mass is 32.1. The predicted octanol–water partition coefficient (Wildman–Crippen LogP) is 3.03. The Labute approximate surface area is 139 Å². The molecule has 0 bridgehead atoms. The van der Waals surface area contributed by atoms with Crippen LogP contribution in [0, 0.1) is 6.92 Å². The normalized spacial score (nSPS) is 13.3. The number of aromatic nitrogens is 1. The Kier molecular flexibility index (Phi) is 5.15. The topological polar surface area (TPSA) is 79.3 Å². The van der Waals surface area contributed by atoms with Crippen molar-refractivity contribution in [1.82, 2.24) is 10.3 Å². The van der Waals surface area contributed by atoms with E-state index in [0.29, 0.717) is 23.4 Å². The highest BCUT2D eigenvalue weighted by Gasteiger charge is 2.34. The molecule has 1 heterocycles. The van der Waals surface area contributed by atoms with E-state index in [1.807, 2.05) is 30.3 Å². The summed E-state index contributed by atoms with van der Waals surface area (Å²) in [5, 5.41) is 12.7. The Morgan fingerprint density at radius 2 is 1.96 bits per heavy atom. The highest BCUT2D eigenvalue weighted by Crippen LogP contribution is 2.22. The smallest absolute Gasteiger partial charge is 0.329 e. The third-order valence-corrected chi connectivity index (χ3v) is 4.97. The van der Waals surface area contributed by atoms with Gasteiger partial charge in [0.1, 0.15) is 10.4 Å². The number of rotatable bonds is 6. The maximum Gasteiger partial charge on any atom is 0.329 e. The van der Waals surface area contributed by atoms with E-state index >= 15 is 0 Å². The van der Waals surface area contributed by atoms with Crippen LogP contribution in [0.3, 0.4) is 0 Å². The van der Waals surface area contributed by atoms with Gasteiger partial charge < -0.3 is 10.4 Å². The average molecular weight is 332 g/mol. The number of carbonyl (C=O) groups excluding carboxylic acids is 1. The zero-order valence-electron chi connectivity index (χ0n) is 13.4. The Hall–Kier alpha value is -2.21. The molecule has 122 valence electrons. The van der Waals surface area contributed by atoms with E-state index in [2.05, 4.69) is 10.3 Å². The van der Waals surface area contributed by atoms with Crippen molar-refractivity contribution in [3.63, 3.8) is 0 Å². The first kappa shape index (κ1) is 17.1. The van der Waals surface area contributed by atoms with Gasteiger partial charge in [-0.25, -0.2) is 9.78 Å². The predicted molar refractivity (Wildman–Crippen MR) is 89.9 cm³/mol. The number of hydrogen-bond acceptors (Lipinski definition) is 4. The summed E-state index contributed by atoms with van der Waals surface area (Å²) in [6.07, 6.45) is 0.965. The zero-order chi connectivity index (χ0) is 17.0. The van der Waals surface area contributed by atoms with Gasteiger partial charge in [-0.05, 0) is 25.8 Å². The third-order valence-electron chi connectivity index (χ3n) is 3.81. The summed E-state index contributed by atoms with van der Waals surface area (Å²) in [4.78, 5) is 28.6. The van der Waals surface area contributed by atoms with Crippen molar-refractivity contribution in [2.45, 2.75) is 39.2 Å². The minimum absolute atomic E-state index is 0.308. The quantitative estimate of drug-likeness (QED) is 0.852. The monoisotopic (exact) mass is 332 g/mol. The lowest BCUT2D eigenvalue weighted by Gasteiger charge is -2.24. The molecule has 1 atom stereocenters. The summed E-state index contributed by atoms with van der Waals surface area (Å²) < 4.78 is 0. The summed E-state index contributed by atoms with van der Waals surface area (Å²) >= 11 is 1.31. The van der Waals surface area contributed by atoms with E-state index in [-0.39, 0.29) is 5.91 Å². The van der Waals surface area contributed by atoms with Gasteiger partial charge >= 0.3 is 5.97 Å². The van der Waals surface area contributed by atoms with Crippen LogP contribution < -0.4 is 5.32 Å². The number of hydrogen-bond donors (Lipinski definition) is 2. The number of aliphatic carboxylic acids is 1. The first-order valence-corrected chi connectivity index (χ1v) is 8.23. The molecule has 1 aromatic carbocycles. The van der Waals surface area contributed by atoms with Crippen LogP contribution in [0.1, 0.15) is 46.2 Å².